The summed E-state index contributed by atoms with van der Waals surface area (Å²) in [6.07, 6.45) is 6.20. The van der Waals surface area contributed by atoms with Crippen molar-refractivity contribution < 1.29 is 29.0 Å². The number of aromatic amines is 2. The van der Waals surface area contributed by atoms with Crippen molar-refractivity contribution in [2.45, 2.75) is 76.5 Å². The Kier molecular flexibility index (Phi) is 10.9. The van der Waals surface area contributed by atoms with Crippen molar-refractivity contribution in [2.24, 2.45) is 0 Å². The fourth-order valence-corrected chi connectivity index (χ4v) is 7.25. The van der Waals surface area contributed by atoms with E-state index in [1.54, 1.807) is 29.1 Å². The second kappa shape index (κ2) is 15.7. The van der Waals surface area contributed by atoms with E-state index < -0.39 is 24.3 Å². The van der Waals surface area contributed by atoms with Gasteiger partial charge >= 0.3 is 12.2 Å². The lowest BCUT2D eigenvalue weighted by molar-refractivity contribution is -0.137. The minimum absolute atomic E-state index is 0.176. The van der Waals surface area contributed by atoms with E-state index in [-0.39, 0.29) is 23.9 Å². The van der Waals surface area contributed by atoms with Gasteiger partial charge in [-0.15, -0.1) is 0 Å². The molecule has 0 saturated carbocycles. The van der Waals surface area contributed by atoms with Gasteiger partial charge in [0, 0.05) is 20.1 Å². The molecule has 2 unspecified atom stereocenters. The second-order valence-electron chi connectivity index (χ2n) is 13.5. The van der Waals surface area contributed by atoms with E-state index in [0.717, 1.165) is 64.2 Å². The van der Waals surface area contributed by atoms with Gasteiger partial charge in [-0.05, 0) is 61.3 Å². The Bertz CT molecular complexity index is 1890. The van der Waals surface area contributed by atoms with Gasteiger partial charge < -0.3 is 34.9 Å². The van der Waals surface area contributed by atoms with Crippen molar-refractivity contribution >= 4 is 24.0 Å². The number of H-pyrrole nitrogens is 2. The van der Waals surface area contributed by atoms with E-state index in [1.807, 2.05) is 31.2 Å². The summed E-state index contributed by atoms with van der Waals surface area (Å²) >= 11 is 0. The third-order valence-electron chi connectivity index (χ3n) is 10.1. The molecular formula is C38H46N8O6. The van der Waals surface area contributed by atoms with Crippen LogP contribution >= 0.6 is 0 Å². The summed E-state index contributed by atoms with van der Waals surface area (Å²) in [4.78, 5) is 70.6. The predicted octanol–water partition coefficient (Wildman–Crippen LogP) is 5.98. The topological polar surface area (TPSA) is 177 Å². The lowest BCUT2D eigenvalue weighted by atomic mass is 10.0. The van der Waals surface area contributed by atoms with Gasteiger partial charge in [-0.2, -0.15) is 0 Å². The highest BCUT2D eigenvalue weighted by Gasteiger charge is 2.38. The van der Waals surface area contributed by atoms with Gasteiger partial charge in [-0.25, -0.2) is 19.6 Å². The average molecular weight is 711 g/mol. The van der Waals surface area contributed by atoms with E-state index >= 15 is 0 Å². The molecule has 4 N–H and O–H groups in total. The van der Waals surface area contributed by atoms with Crippen molar-refractivity contribution in [1.29, 1.82) is 0 Å². The van der Waals surface area contributed by atoms with E-state index in [0.29, 0.717) is 37.6 Å². The molecule has 14 nitrogen and oxygen atoms in total. The van der Waals surface area contributed by atoms with Crippen LogP contribution in [0.1, 0.15) is 76.1 Å². The number of carbonyl (C=O) groups is 4. The average Bonchev–Trinajstić information content (AvgIpc) is 3.99. The third-order valence-corrected chi connectivity index (χ3v) is 10.1. The van der Waals surface area contributed by atoms with Gasteiger partial charge in [0.2, 0.25) is 11.8 Å². The maximum Gasteiger partial charge on any atom is 0.407 e. The van der Waals surface area contributed by atoms with Crippen LogP contribution in [0.3, 0.4) is 0 Å². The van der Waals surface area contributed by atoms with E-state index in [4.69, 9.17) is 0 Å². The van der Waals surface area contributed by atoms with Crippen LogP contribution in [-0.4, -0.2) is 103 Å². The molecule has 2 aliphatic rings. The zero-order chi connectivity index (χ0) is 36.9. The second-order valence-corrected chi connectivity index (χ2v) is 13.5. The zero-order valence-corrected chi connectivity index (χ0v) is 30.0. The van der Waals surface area contributed by atoms with Gasteiger partial charge in [0.15, 0.2) is 0 Å². The van der Waals surface area contributed by atoms with Crippen molar-refractivity contribution in [2.75, 3.05) is 27.2 Å². The molecule has 2 saturated heterocycles. The summed E-state index contributed by atoms with van der Waals surface area (Å²) in [5.74, 6) is 1.06. The zero-order valence-electron chi connectivity index (χ0n) is 30.0. The van der Waals surface area contributed by atoms with E-state index in [2.05, 4.69) is 54.3 Å². The van der Waals surface area contributed by atoms with Crippen LogP contribution in [-0.2, 0) is 14.3 Å². The number of aromatic nitrogens is 4. The standard InChI is InChI=1S/C38H46N8O6/c1-5-8-32(44(3)38(50)51)36(48)46-20-7-10-31(46)34-40-22-29(43-34)27-17-13-25(14-18-27)24-11-15-26(16-12-24)28-21-39-33(42-28)30-9-6-19-45(30)35(47)23(2)41-37(49)52-4/h11-18,21-23,30-32H,5-10,19-20H2,1-4H3,(H,39,42)(H,40,43)(H,41,49)(H,50,51)/t23?,30?,31-,32-/m0/s1. The van der Waals surface area contributed by atoms with E-state index in [1.165, 1.54) is 14.2 Å². The van der Waals surface area contributed by atoms with Crippen molar-refractivity contribution in [1.82, 2.24) is 40.0 Å². The highest BCUT2D eigenvalue weighted by molar-refractivity contribution is 5.86. The number of benzene rings is 2. The number of alkyl carbamates (subject to hydrolysis) is 1. The Morgan fingerprint density at radius 1 is 0.846 bits per heavy atom. The predicted molar refractivity (Wildman–Crippen MR) is 194 cm³/mol. The Morgan fingerprint density at radius 2 is 1.31 bits per heavy atom. The van der Waals surface area contributed by atoms with Crippen LogP contribution in [0.15, 0.2) is 60.9 Å². The molecule has 4 aromatic rings. The van der Waals surface area contributed by atoms with Crippen LogP contribution in [0.5, 0.6) is 0 Å². The number of nitrogens with one attached hydrogen (secondary N) is 3. The number of carbonyl (C=O) groups excluding carboxylic acids is 3. The number of amides is 4. The van der Waals surface area contributed by atoms with Crippen LogP contribution in [0.2, 0.25) is 0 Å². The summed E-state index contributed by atoms with van der Waals surface area (Å²) in [6.45, 7) is 4.76. The van der Waals surface area contributed by atoms with Crippen LogP contribution < -0.4 is 5.32 Å². The largest absolute Gasteiger partial charge is 0.465 e. The summed E-state index contributed by atoms with van der Waals surface area (Å²) in [7, 11) is 2.72. The number of hydrogen-bond donors (Lipinski definition) is 4. The molecule has 2 aromatic heterocycles. The number of carboxylic acid groups (broad SMARTS) is 1. The summed E-state index contributed by atoms with van der Waals surface area (Å²) < 4.78 is 4.64. The molecule has 2 aliphatic heterocycles. The number of rotatable bonds is 11. The Hall–Kier alpha value is -5.66. The van der Waals surface area contributed by atoms with Crippen LogP contribution in [0, 0.1) is 0 Å². The van der Waals surface area contributed by atoms with Gasteiger partial charge in [0.05, 0.1) is 43.0 Å². The molecule has 4 atom stereocenters. The third kappa shape index (κ3) is 7.51. The molecule has 4 amide bonds. The number of likely N-dealkylation sites (N-methyl/N-ethyl adjacent to an activating group) is 1. The Labute approximate surface area is 302 Å². The first-order valence-electron chi connectivity index (χ1n) is 17.8. The molecule has 0 aliphatic carbocycles. The number of nitrogens with zero attached hydrogens (tertiary/aromatic N) is 5. The van der Waals surface area contributed by atoms with Gasteiger partial charge in [0.1, 0.15) is 23.7 Å². The highest BCUT2D eigenvalue weighted by Crippen LogP contribution is 2.35. The van der Waals surface area contributed by atoms with Crippen LogP contribution in [0.4, 0.5) is 9.59 Å². The first kappa shape index (κ1) is 36.1. The lowest BCUT2D eigenvalue weighted by Gasteiger charge is -2.31. The first-order valence-corrected chi connectivity index (χ1v) is 17.8. The SMILES string of the molecule is CCC[C@@H](C(=O)N1CCC[C@H]1c1ncc(-c2ccc(-c3ccc(-c4cnc(C5CCCN5C(=O)C(C)NC(=O)OC)[nH]4)cc3)cc2)[nH]1)N(C)C(=O)O. The smallest absolute Gasteiger partial charge is 0.407 e. The molecule has 2 fully saturated rings. The summed E-state index contributed by atoms with van der Waals surface area (Å²) in [5, 5.41) is 12.1. The summed E-state index contributed by atoms with van der Waals surface area (Å²) in [6, 6.07) is 14.5. The summed E-state index contributed by atoms with van der Waals surface area (Å²) in [5.41, 5.74) is 5.72. The normalized spacial score (nSPS) is 18.2. The quantitative estimate of drug-likeness (QED) is 0.147. The highest BCUT2D eigenvalue weighted by atomic mass is 16.5. The van der Waals surface area contributed by atoms with Crippen molar-refractivity contribution in [3.8, 4) is 33.6 Å². The molecule has 6 rings (SSSR count). The molecule has 274 valence electrons. The van der Waals surface area contributed by atoms with Gasteiger partial charge in [0.25, 0.3) is 0 Å². The number of imidazole rings is 2. The molecule has 0 spiro atoms. The minimum atomic E-state index is -1.11. The monoisotopic (exact) mass is 710 g/mol. The Morgan fingerprint density at radius 3 is 1.75 bits per heavy atom. The molecule has 14 heteroatoms. The molecule has 52 heavy (non-hydrogen) atoms. The Balaban J connectivity index is 1.10. The maximum atomic E-state index is 13.5. The number of hydrogen-bond acceptors (Lipinski definition) is 7. The van der Waals surface area contributed by atoms with Gasteiger partial charge in [-0.1, -0.05) is 61.9 Å². The number of likely N-dealkylation sites (tertiary alicyclic amines) is 2. The van der Waals surface area contributed by atoms with E-state index in [9.17, 15) is 24.3 Å². The lowest BCUT2D eigenvalue weighted by Crippen LogP contribution is -2.48. The fraction of sp³-hybridized carbons (Fsp3) is 0.421. The first-order chi connectivity index (χ1) is 25.1. The fourth-order valence-electron chi connectivity index (χ4n) is 7.25. The molecule has 2 aromatic carbocycles. The molecule has 0 bridgehead atoms. The number of ether oxygens (including phenoxy) is 1. The van der Waals surface area contributed by atoms with Gasteiger partial charge in [-0.3, -0.25) is 14.5 Å². The number of methoxy groups -OCH3 is 1. The van der Waals surface area contributed by atoms with Crippen molar-refractivity contribution in [3.63, 3.8) is 0 Å². The molecular weight excluding hydrogens is 664 g/mol. The minimum Gasteiger partial charge on any atom is -0.465 e. The van der Waals surface area contributed by atoms with Crippen LogP contribution in [0.25, 0.3) is 33.6 Å². The van der Waals surface area contributed by atoms with Crippen molar-refractivity contribution in [3.05, 3.63) is 72.6 Å². The molecule has 4 heterocycles. The molecule has 0 radical (unpaired) electrons. The maximum absolute atomic E-state index is 13.5.